The van der Waals surface area contributed by atoms with Crippen LogP contribution in [0.4, 0.5) is 4.79 Å². The van der Waals surface area contributed by atoms with Gasteiger partial charge < -0.3 is 15.4 Å². The van der Waals surface area contributed by atoms with E-state index in [2.05, 4.69) is 31.5 Å². The quantitative estimate of drug-likeness (QED) is 0.788. The maximum atomic E-state index is 11.6. The Morgan fingerprint density at radius 2 is 2.05 bits per heavy atom. The van der Waals surface area contributed by atoms with Gasteiger partial charge in [0.2, 0.25) is 0 Å². The van der Waals surface area contributed by atoms with E-state index in [1.54, 1.807) is 12.4 Å². The summed E-state index contributed by atoms with van der Waals surface area (Å²) in [6.45, 7) is 1.29. The van der Waals surface area contributed by atoms with Gasteiger partial charge in [-0.15, -0.1) is 0 Å². The average molecular weight is 350 g/mol. The second kappa shape index (κ2) is 8.26. The Hall–Kier alpha value is -2.08. The molecule has 0 radical (unpaired) electrons. The van der Waals surface area contributed by atoms with Gasteiger partial charge in [0.1, 0.15) is 12.4 Å². The highest BCUT2D eigenvalue weighted by Gasteiger charge is 2.01. The summed E-state index contributed by atoms with van der Waals surface area (Å²) in [5.41, 5.74) is 0.956. The molecule has 0 aliphatic carbocycles. The third kappa shape index (κ3) is 5.43. The fourth-order valence-corrected chi connectivity index (χ4v) is 2.03. The zero-order chi connectivity index (χ0) is 14.9. The first-order valence-corrected chi connectivity index (χ1v) is 7.33. The van der Waals surface area contributed by atoms with Crippen LogP contribution in [0.3, 0.4) is 0 Å². The Morgan fingerprint density at radius 1 is 1.19 bits per heavy atom. The smallest absolute Gasteiger partial charge is 0.315 e. The summed E-state index contributed by atoms with van der Waals surface area (Å²) >= 11 is 3.40. The molecule has 0 atom stereocenters. The molecule has 1 aromatic carbocycles. The maximum Gasteiger partial charge on any atom is 0.315 e. The molecule has 0 fully saturated rings. The first kappa shape index (κ1) is 15.3. The SMILES string of the molecule is O=C(NCCOc1ccccc1Br)NCc1cccnc1. The van der Waals surface area contributed by atoms with Crippen molar-refractivity contribution in [1.29, 1.82) is 0 Å². The molecule has 0 aliphatic rings. The van der Waals surface area contributed by atoms with Crippen LogP contribution in [0.1, 0.15) is 5.56 Å². The van der Waals surface area contributed by atoms with Gasteiger partial charge in [0.05, 0.1) is 11.0 Å². The number of hydrogen-bond acceptors (Lipinski definition) is 3. The van der Waals surface area contributed by atoms with E-state index in [1.807, 2.05) is 36.4 Å². The minimum absolute atomic E-state index is 0.227. The normalized spacial score (nSPS) is 9.95. The summed E-state index contributed by atoms with van der Waals surface area (Å²) < 4.78 is 6.45. The largest absolute Gasteiger partial charge is 0.491 e. The van der Waals surface area contributed by atoms with Crippen LogP contribution in [0.5, 0.6) is 5.75 Å². The molecule has 0 saturated carbocycles. The standard InChI is InChI=1S/C15H16BrN3O2/c16-13-5-1-2-6-14(13)21-9-8-18-15(20)19-11-12-4-3-7-17-10-12/h1-7,10H,8-9,11H2,(H2,18,19,20). The highest BCUT2D eigenvalue weighted by Crippen LogP contribution is 2.23. The lowest BCUT2D eigenvalue weighted by molar-refractivity contribution is 0.236. The molecule has 5 nitrogen and oxygen atoms in total. The van der Waals surface area contributed by atoms with Crippen LogP contribution in [0.25, 0.3) is 0 Å². The summed E-state index contributed by atoms with van der Waals surface area (Å²) in [5, 5.41) is 5.49. The number of para-hydroxylation sites is 1. The number of nitrogens with one attached hydrogen (secondary N) is 2. The minimum Gasteiger partial charge on any atom is -0.491 e. The molecule has 21 heavy (non-hydrogen) atoms. The highest BCUT2D eigenvalue weighted by molar-refractivity contribution is 9.10. The Balaban J connectivity index is 1.62. The van der Waals surface area contributed by atoms with Gasteiger partial charge in [0.15, 0.2) is 0 Å². The second-order valence-corrected chi connectivity index (χ2v) is 5.10. The molecule has 0 spiro atoms. The molecule has 0 bridgehead atoms. The lowest BCUT2D eigenvalue weighted by Gasteiger charge is -2.10. The number of ether oxygens (including phenoxy) is 1. The summed E-state index contributed by atoms with van der Waals surface area (Å²) in [5.74, 6) is 0.759. The van der Waals surface area contributed by atoms with Crippen molar-refractivity contribution < 1.29 is 9.53 Å². The van der Waals surface area contributed by atoms with E-state index in [0.29, 0.717) is 19.7 Å². The van der Waals surface area contributed by atoms with Gasteiger partial charge >= 0.3 is 6.03 Å². The van der Waals surface area contributed by atoms with Crippen LogP contribution in [0, 0.1) is 0 Å². The second-order valence-electron chi connectivity index (χ2n) is 4.25. The number of rotatable bonds is 6. The number of nitrogens with zero attached hydrogens (tertiary/aromatic N) is 1. The van der Waals surface area contributed by atoms with Crippen LogP contribution in [-0.2, 0) is 6.54 Å². The first-order valence-electron chi connectivity index (χ1n) is 6.53. The van der Waals surface area contributed by atoms with Gasteiger partial charge in [-0.05, 0) is 39.7 Å². The van der Waals surface area contributed by atoms with Crippen molar-refractivity contribution in [1.82, 2.24) is 15.6 Å². The molecule has 1 aromatic heterocycles. The van der Waals surface area contributed by atoms with Gasteiger partial charge in [-0.1, -0.05) is 18.2 Å². The molecule has 1 heterocycles. The van der Waals surface area contributed by atoms with Crippen molar-refractivity contribution >= 4 is 22.0 Å². The highest BCUT2D eigenvalue weighted by atomic mass is 79.9. The monoisotopic (exact) mass is 349 g/mol. The minimum atomic E-state index is -0.227. The molecular formula is C15H16BrN3O2. The number of halogens is 1. The van der Waals surface area contributed by atoms with Crippen molar-refractivity contribution in [2.24, 2.45) is 0 Å². The molecule has 2 N–H and O–H groups in total. The molecule has 2 aromatic rings. The zero-order valence-corrected chi connectivity index (χ0v) is 13.0. The van der Waals surface area contributed by atoms with Crippen LogP contribution in [0.15, 0.2) is 53.3 Å². The molecule has 0 saturated heterocycles. The Kier molecular flexibility index (Phi) is 6.02. The van der Waals surface area contributed by atoms with Crippen LogP contribution in [0.2, 0.25) is 0 Å². The van der Waals surface area contributed by atoms with Crippen LogP contribution < -0.4 is 15.4 Å². The predicted molar refractivity (Wildman–Crippen MR) is 84.1 cm³/mol. The van der Waals surface area contributed by atoms with Crippen molar-refractivity contribution in [2.45, 2.75) is 6.54 Å². The van der Waals surface area contributed by atoms with E-state index in [9.17, 15) is 4.79 Å². The van der Waals surface area contributed by atoms with Crippen molar-refractivity contribution in [2.75, 3.05) is 13.2 Å². The van der Waals surface area contributed by atoms with Crippen LogP contribution >= 0.6 is 15.9 Å². The Labute approximate surface area is 131 Å². The first-order chi connectivity index (χ1) is 10.3. The van der Waals surface area contributed by atoms with Gasteiger partial charge in [0.25, 0.3) is 0 Å². The number of carbonyl (C=O) groups is 1. The fourth-order valence-electron chi connectivity index (χ4n) is 1.63. The third-order valence-electron chi connectivity index (χ3n) is 2.66. The number of pyridine rings is 1. The number of carbonyl (C=O) groups excluding carboxylic acids is 1. The summed E-state index contributed by atoms with van der Waals surface area (Å²) in [6.07, 6.45) is 3.42. The number of urea groups is 1. The Bertz CT molecular complexity index is 578. The van der Waals surface area contributed by atoms with Crippen molar-refractivity contribution in [3.63, 3.8) is 0 Å². The number of aromatic nitrogens is 1. The molecule has 2 amide bonds. The topological polar surface area (TPSA) is 63.2 Å². The summed E-state index contributed by atoms with van der Waals surface area (Å²) in [6, 6.07) is 11.1. The predicted octanol–water partition coefficient (Wildman–Crippen LogP) is 2.72. The van der Waals surface area contributed by atoms with E-state index in [4.69, 9.17) is 4.74 Å². The molecule has 0 aliphatic heterocycles. The van der Waals surface area contributed by atoms with Gasteiger partial charge in [-0.3, -0.25) is 4.98 Å². The number of hydrogen-bond donors (Lipinski definition) is 2. The average Bonchev–Trinajstić information content (AvgIpc) is 2.52. The maximum absolute atomic E-state index is 11.6. The van der Waals surface area contributed by atoms with Gasteiger partial charge in [-0.25, -0.2) is 4.79 Å². The summed E-state index contributed by atoms with van der Waals surface area (Å²) in [7, 11) is 0. The molecule has 6 heteroatoms. The van der Waals surface area contributed by atoms with Crippen LogP contribution in [-0.4, -0.2) is 24.2 Å². The third-order valence-corrected chi connectivity index (χ3v) is 3.31. The lowest BCUT2D eigenvalue weighted by atomic mass is 10.3. The lowest BCUT2D eigenvalue weighted by Crippen LogP contribution is -2.37. The van der Waals surface area contributed by atoms with E-state index in [-0.39, 0.29) is 6.03 Å². The van der Waals surface area contributed by atoms with Gasteiger partial charge in [0, 0.05) is 18.9 Å². The molecular weight excluding hydrogens is 334 g/mol. The zero-order valence-electron chi connectivity index (χ0n) is 11.4. The van der Waals surface area contributed by atoms with Gasteiger partial charge in [-0.2, -0.15) is 0 Å². The van der Waals surface area contributed by atoms with E-state index >= 15 is 0 Å². The van der Waals surface area contributed by atoms with Crippen molar-refractivity contribution in [3.8, 4) is 5.75 Å². The fraction of sp³-hybridized carbons (Fsp3) is 0.200. The Morgan fingerprint density at radius 3 is 2.81 bits per heavy atom. The van der Waals surface area contributed by atoms with E-state index in [0.717, 1.165) is 15.8 Å². The van der Waals surface area contributed by atoms with Crippen molar-refractivity contribution in [3.05, 3.63) is 58.8 Å². The van der Waals surface area contributed by atoms with E-state index in [1.165, 1.54) is 0 Å². The number of amides is 2. The summed E-state index contributed by atoms with van der Waals surface area (Å²) in [4.78, 5) is 15.6. The molecule has 110 valence electrons. The van der Waals surface area contributed by atoms with E-state index < -0.39 is 0 Å². The molecule has 2 rings (SSSR count). The number of benzene rings is 1. The molecule has 0 unspecified atom stereocenters.